The van der Waals surface area contributed by atoms with Gasteiger partial charge < -0.3 is 9.47 Å². The van der Waals surface area contributed by atoms with E-state index in [1.54, 1.807) is 37.3 Å². The number of ether oxygens (including phenoxy) is 2. The maximum atomic E-state index is 12.9. The first-order valence-electron chi connectivity index (χ1n) is 10.6. The highest BCUT2D eigenvalue weighted by molar-refractivity contribution is 6.15. The van der Waals surface area contributed by atoms with Crippen molar-refractivity contribution < 1.29 is 19.1 Å². The summed E-state index contributed by atoms with van der Waals surface area (Å²) in [4.78, 5) is 25.4. The van der Waals surface area contributed by atoms with Crippen molar-refractivity contribution in [3.8, 4) is 11.5 Å². The highest BCUT2D eigenvalue weighted by atomic mass is 16.5. The number of Topliss-reactive ketones (excluding diaryl/α,β-unsaturated/α-hetero) is 1. The molecule has 162 valence electrons. The molecule has 1 aliphatic rings. The van der Waals surface area contributed by atoms with E-state index in [0.717, 1.165) is 11.1 Å². The molecule has 4 heteroatoms. The summed E-state index contributed by atoms with van der Waals surface area (Å²) in [5.41, 5.74) is 4.70. The van der Waals surface area contributed by atoms with E-state index in [4.69, 9.17) is 9.47 Å². The molecule has 0 unspecified atom stereocenters. The number of hydrogen-bond donors (Lipinski definition) is 0. The van der Waals surface area contributed by atoms with Gasteiger partial charge in [0.15, 0.2) is 5.76 Å². The molecular weight excluding hydrogens is 400 g/mol. The number of rotatable bonds is 3. The van der Waals surface area contributed by atoms with E-state index in [1.165, 1.54) is 5.56 Å². The van der Waals surface area contributed by atoms with Gasteiger partial charge in [0, 0.05) is 5.56 Å². The zero-order chi connectivity index (χ0) is 23.0. The van der Waals surface area contributed by atoms with Crippen LogP contribution in [0.15, 0.2) is 66.4 Å². The fourth-order valence-corrected chi connectivity index (χ4v) is 3.64. The number of ketones is 1. The number of carbonyl (C=O) groups excluding carboxylic acids is 2. The van der Waals surface area contributed by atoms with Gasteiger partial charge in [-0.3, -0.25) is 4.79 Å². The highest BCUT2D eigenvalue weighted by Gasteiger charge is 2.30. The second-order valence-electron chi connectivity index (χ2n) is 9.14. The Kier molecular flexibility index (Phi) is 5.47. The average molecular weight is 427 g/mol. The van der Waals surface area contributed by atoms with E-state index in [0.29, 0.717) is 28.2 Å². The molecule has 1 aliphatic heterocycles. The van der Waals surface area contributed by atoms with Gasteiger partial charge in [-0.2, -0.15) is 0 Å². The molecule has 0 aliphatic carbocycles. The molecule has 4 rings (SSSR count). The Morgan fingerprint density at radius 1 is 0.969 bits per heavy atom. The van der Waals surface area contributed by atoms with Crippen LogP contribution in [0.2, 0.25) is 0 Å². The molecule has 0 amide bonds. The molecule has 0 saturated heterocycles. The first-order valence-corrected chi connectivity index (χ1v) is 10.6. The Morgan fingerprint density at radius 2 is 1.69 bits per heavy atom. The van der Waals surface area contributed by atoms with Crippen LogP contribution in [0.25, 0.3) is 6.08 Å². The molecule has 0 bridgehead atoms. The second kappa shape index (κ2) is 8.12. The van der Waals surface area contributed by atoms with Gasteiger partial charge in [-0.15, -0.1) is 0 Å². The summed E-state index contributed by atoms with van der Waals surface area (Å²) in [5, 5.41) is 0. The number of hydrogen-bond acceptors (Lipinski definition) is 4. The summed E-state index contributed by atoms with van der Waals surface area (Å²) < 4.78 is 11.5. The van der Waals surface area contributed by atoms with E-state index in [-0.39, 0.29) is 17.0 Å². The van der Waals surface area contributed by atoms with E-state index in [2.05, 4.69) is 32.9 Å². The van der Waals surface area contributed by atoms with Crippen molar-refractivity contribution in [2.45, 2.75) is 40.0 Å². The fourth-order valence-electron chi connectivity index (χ4n) is 3.64. The number of fused-ring (bicyclic) bond motifs is 1. The maximum absolute atomic E-state index is 12.9. The Bertz CT molecular complexity index is 1240. The number of aryl methyl sites for hydroxylation is 1. The quantitative estimate of drug-likeness (QED) is 0.275. The van der Waals surface area contributed by atoms with Crippen LogP contribution < -0.4 is 9.47 Å². The first-order chi connectivity index (χ1) is 15.1. The van der Waals surface area contributed by atoms with Crippen molar-refractivity contribution in [2.24, 2.45) is 0 Å². The van der Waals surface area contributed by atoms with Crippen molar-refractivity contribution in [3.05, 3.63) is 99.8 Å². The molecule has 0 N–H and O–H groups in total. The zero-order valence-electron chi connectivity index (χ0n) is 19.0. The van der Waals surface area contributed by atoms with Gasteiger partial charge in [0.05, 0.1) is 11.1 Å². The third kappa shape index (κ3) is 4.22. The normalized spacial score (nSPS) is 14.3. The first kappa shape index (κ1) is 21.6. The predicted molar refractivity (Wildman–Crippen MR) is 125 cm³/mol. The molecule has 4 nitrogen and oxygen atoms in total. The van der Waals surface area contributed by atoms with Crippen molar-refractivity contribution in [3.63, 3.8) is 0 Å². The zero-order valence-corrected chi connectivity index (χ0v) is 19.0. The molecule has 3 aromatic rings. The number of benzene rings is 3. The summed E-state index contributed by atoms with van der Waals surface area (Å²) in [6.45, 7) is 10.2. The van der Waals surface area contributed by atoms with E-state index >= 15 is 0 Å². The summed E-state index contributed by atoms with van der Waals surface area (Å²) in [5.74, 6) is 0.435. The lowest BCUT2D eigenvalue weighted by atomic mass is 9.86. The highest BCUT2D eigenvalue weighted by Crippen LogP contribution is 2.39. The van der Waals surface area contributed by atoms with Crippen LogP contribution in [0, 0.1) is 13.8 Å². The lowest BCUT2D eigenvalue weighted by Gasteiger charge is -2.18. The van der Waals surface area contributed by atoms with E-state index < -0.39 is 5.97 Å². The lowest BCUT2D eigenvalue weighted by Crippen LogP contribution is -2.10. The Balaban J connectivity index is 1.58. The summed E-state index contributed by atoms with van der Waals surface area (Å²) in [6.07, 6.45) is 1.74. The van der Waals surface area contributed by atoms with Crippen molar-refractivity contribution in [2.75, 3.05) is 0 Å². The third-order valence-electron chi connectivity index (χ3n) is 5.57. The molecule has 1 heterocycles. The number of allylic oxidation sites excluding steroid dienone is 1. The predicted octanol–water partition coefficient (Wildman–Crippen LogP) is 6.44. The van der Waals surface area contributed by atoms with Crippen LogP contribution in [-0.4, -0.2) is 11.8 Å². The van der Waals surface area contributed by atoms with Crippen LogP contribution in [0.5, 0.6) is 11.5 Å². The molecule has 0 spiro atoms. The SMILES string of the molecule is Cc1cccc(C(=O)Oc2ccc3c(c2C)O/C(=C\c2ccc(C(C)(C)C)cc2)C3=O)c1. The largest absolute Gasteiger partial charge is 0.452 e. The van der Waals surface area contributed by atoms with Gasteiger partial charge in [0.2, 0.25) is 5.78 Å². The topological polar surface area (TPSA) is 52.6 Å². The van der Waals surface area contributed by atoms with Gasteiger partial charge in [0.1, 0.15) is 11.5 Å². The lowest BCUT2D eigenvalue weighted by molar-refractivity contribution is 0.0733. The molecule has 3 aromatic carbocycles. The molecule has 32 heavy (non-hydrogen) atoms. The minimum absolute atomic E-state index is 0.0605. The van der Waals surface area contributed by atoms with Crippen LogP contribution in [0.3, 0.4) is 0 Å². The van der Waals surface area contributed by atoms with Crippen LogP contribution >= 0.6 is 0 Å². The van der Waals surface area contributed by atoms with E-state index in [9.17, 15) is 9.59 Å². The van der Waals surface area contributed by atoms with Gasteiger partial charge in [-0.25, -0.2) is 4.79 Å². The molecule has 0 aromatic heterocycles. The van der Waals surface area contributed by atoms with Crippen molar-refractivity contribution >= 4 is 17.8 Å². The third-order valence-corrected chi connectivity index (χ3v) is 5.57. The van der Waals surface area contributed by atoms with Gasteiger partial charge in [-0.05, 0) is 60.7 Å². The van der Waals surface area contributed by atoms with Crippen molar-refractivity contribution in [1.82, 2.24) is 0 Å². The number of carbonyl (C=O) groups is 2. The van der Waals surface area contributed by atoms with Gasteiger partial charge >= 0.3 is 5.97 Å². The number of esters is 1. The molecule has 0 fully saturated rings. The minimum Gasteiger partial charge on any atom is -0.452 e. The second-order valence-corrected chi connectivity index (χ2v) is 9.14. The van der Waals surface area contributed by atoms with Crippen LogP contribution in [0.1, 0.15) is 63.7 Å². The molecule has 0 saturated carbocycles. The average Bonchev–Trinajstić information content (AvgIpc) is 3.06. The Hall–Kier alpha value is -3.66. The summed E-state index contributed by atoms with van der Waals surface area (Å²) in [6, 6.07) is 18.6. The Morgan fingerprint density at radius 3 is 2.34 bits per heavy atom. The van der Waals surface area contributed by atoms with Crippen LogP contribution in [-0.2, 0) is 5.41 Å². The molecule has 0 atom stereocenters. The smallest absolute Gasteiger partial charge is 0.343 e. The standard InChI is InChI=1S/C28H26O4/c1-17-7-6-8-20(15-17)27(30)32-23-14-13-22-25(29)24(31-26(22)18(23)2)16-19-9-11-21(12-10-19)28(3,4)5/h6-16H,1-5H3/b24-16-. The Labute approximate surface area is 188 Å². The minimum atomic E-state index is -0.448. The molecular formula is C28H26O4. The van der Waals surface area contributed by atoms with Crippen molar-refractivity contribution in [1.29, 1.82) is 0 Å². The van der Waals surface area contributed by atoms with Gasteiger partial charge in [-0.1, -0.05) is 62.7 Å². The fraction of sp³-hybridized carbons (Fsp3) is 0.214. The van der Waals surface area contributed by atoms with Crippen LogP contribution in [0.4, 0.5) is 0 Å². The summed E-state index contributed by atoms with van der Waals surface area (Å²) >= 11 is 0. The maximum Gasteiger partial charge on any atom is 0.343 e. The van der Waals surface area contributed by atoms with E-state index in [1.807, 2.05) is 31.2 Å². The monoisotopic (exact) mass is 426 g/mol. The molecule has 0 radical (unpaired) electrons. The summed E-state index contributed by atoms with van der Waals surface area (Å²) in [7, 11) is 0. The van der Waals surface area contributed by atoms with Gasteiger partial charge in [0.25, 0.3) is 0 Å².